The summed E-state index contributed by atoms with van der Waals surface area (Å²) < 4.78 is 5.75. The SMILES string of the molecule is CCCCCCCC1(CNCCC)CCCOC1. The highest BCUT2D eigenvalue weighted by Gasteiger charge is 2.31. The molecule has 1 heterocycles. The van der Waals surface area contributed by atoms with Crippen molar-refractivity contribution in [3.63, 3.8) is 0 Å². The Morgan fingerprint density at radius 3 is 2.56 bits per heavy atom. The van der Waals surface area contributed by atoms with Gasteiger partial charge in [0.1, 0.15) is 0 Å². The molecule has 1 aliphatic rings. The van der Waals surface area contributed by atoms with Crippen LogP contribution in [0.3, 0.4) is 0 Å². The highest BCUT2D eigenvalue weighted by molar-refractivity contribution is 4.84. The van der Waals surface area contributed by atoms with E-state index in [4.69, 9.17) is 4.74 Å². The van der Waals surface area contributed by atoms with Crippen LogP contribution in [0.1, 0.15) is 71.6 Å². The van der Waals surface area contributed by atoms with Crippen LogP contribution >= 0.6 is 0 Å². The van der Waals surface area contributed by atoms with Crippen molar-refractivity contribution >= 4 is 0 Å². The summed E-state index contributed by atoms with van der Waals surface area (Å²) in [7, 11) is 0. The van der Waals surface area contributed by atoms with E-state index in [-0.39, 0.29) is 0 Å². The van der Waals surface area contributed by atoms with Gasteiger partial charge in [-0.15, -0.1) is 0 Å². The monoisotopic (exact) mass is 255 g/mol. The van der Waals surface area contributed by atoms with E-state index in [9.17, 15) is 0 Å². The molecule has 0 aliphatic carbocycles. The number of ether oxygens (including phenoxy) is 1. The standard InChI is InChI=1S/C16H33NO/c1-3-5-6-7-8-10-16(14-17-12-4-2)11-9-13-18-15-16/h17H,3-15H2,1-2H3. The number of nitrogens with one attached hydrogen (secondary N) is 1. The third-order valence-corrected chi connectivity index (χ3v) is 4.14. The number of hydrogen-bond acceptors (Lipinski definition) is 2. The van der Waals surface area contributed by atoms with Gasteiger partial charge in [0, 0.05) is 18.6 Å². The van der Waals surface area contributed by atoms with Gasteiger partial charge in [0.2, 0.25) is 0 Å². The van der Waals surface area contributed by atoms with Gasteiger partial charge in [-0.25, -0.2) is 0 Å². The topological polar surface area (TPSA) is 21.3 Å². The van der Waals surface area contributed by atoms with Crippen LogP contribution < -0.4 is 5.32 Å². The lowest BCUT2D eigenvalue weighted by Crippen LogP contribution is -2.41. The molecule has 0 amide bonds. The molecule has 1 rings (SSSR count). The van der Waals surface area contributed by atoms with E-state index >= 15 is 0 Å². The van der Waals surface area contributed by atoms with E-state index in [1.165, 1.54) is 57.8 Å². The first-order valence-corrected chi connectivity index (χ1v) is 8.11. The summed E-state index contributed by atoms with van der Waals surface area (Å²) in [5.74, 6) is 0. The summed E-state index contributed by atoms with van der Waals surface area (Å²) in [4.78, 5) is 0. The lowest BCUT2D eigenvalue weighted by molar-refractivity contribution is -0.0132. The molecule has 108 valence electrons. The largest absolute Gasteiger partial charge is 0.381 e. The molecule has 2 nitrogen and oxygen atoms in total. The minimum Gasteiger partial charge on any atom is -0.381 e. The quantitative estimate of drug-likeness (QED) is 0.592. The molecule has 0 spiro atoms. The second-order valence-corrected chi connectivity index (χ2v) is 6.00. The van der Waals surface area contributed by atoms with Crippen LogP contribution in [0.5, 0.6) is 0 Å². The van der Waals surface area contributed by atoms with Crippen molar-refractivity contribution in [2.45, 2.75) is 71.6 Å². The Morgan fingerprint density at radius 1 is 1.06 bits per heavy atom. The predicted molar refractivity (Wildman–Crippen MR) is 79.0 cm³/mol. The van der Waals surface area contributed by atoms with Crippen LogP contribution in [-0.2, 0) is 4.74 Å². The molecule has 1 N–H and O–H groups in total. The van der Waals surface area contributed by atoms with Crippen LogP contribution in [0, 0.1) is 5.41 Å². The summed E-state index contributed by atoms with van der Waals surface area (Å²) in [6, 6.07) is 0. The Morgan fingerprint density at radius 2 is 1.89 bits per heavy atom. The zero-order valence-electron chi connectivity index (χ0n) is 12.6. The minimum atomic E-state index is 0.444. The molecule has 1 unspecified atom stereocenters. The highest BCUT2D eigenvalue weighted by Crippen LogP contribution is 2.33. The zero-order chi connectivity index (χ0) is 13.1. The van der Waals surface area contributed by atoms with Crippen LogP contribution in [-0.4, -0.2) is 26.3 Å². The van der Waals surface area contributed by atoms with E-state index < -0.39 is 0 Å². The molecule has 18 heavy (non-hydrogen) atoms. The van der Waals surface area contributed by atoms with Gasteiger partial charge in [-0.3, -0.25) is 0 Å². The van der Waals surface area contributed by atoms with Crippen molar-refractivity contribution < 1.29 is 4.74 Å². The molecule has 2 heteroatoms. The van der Waals surface area contributed by atoms with Gasteiger partial charge in [-0.2, -0.15) is 0 Å². The zero-order valence-corrected chi connectivity index (χ0v) is 12.6. The molecule has 0 aromatic carbocycles. The van der Waals surface area contributed by atoms with Gasteiger partial charge in [0.05, 0.1) is 6.61 Å². The van der Waals surface area contributed by atoms with Crippen molar-refractivity contribution in [1.82, 2.24) is 5.32 Å². The van der Waals surface area contributed by atoms with Gasteiger partial charge >= 0.3 is 0 Å². The molecular weight excluding hydrogens is 222 g/mol. The molecule has 1 fully saturated rings. The van der Waals surface area contributed by atoms with Crippen LogP contribution in [0.2, 0.25) is 0 Å². The molecule has 1 atom stereocenters. The van der Waals surface area contributed by atoms with Crippen molar-refractivity contribution in [2.24, 2.45) is 5.41 Å². The number of hydrogen-bond donors (Lipinski definition) is 1. The van der Waals surface area contributed by atoms with E-state index in [0.717, 1.165) is 26.3 Å². The fraction of sp³-hybridized carbons (Fsp3) is 1.00. The van der Waals surface area contributed by atoms with Gasteiger partial charge in [0.25, 0.3) is 0 Å². The number of rotatable bonds is 10. The van der Waals surface area contributed by atoms with Crippen LogP contribution in [0.15, 0.2) is 0 Å². The van der Waals surface area contributed by atoms with Crippen molar-refractivity contribution in [1.29, 1.82) is 0 Å². The third kappa shape index (κ3) is 6.19. The van der Waals surface area contributed by atoms with Gasteiger partial charge < -0.3 is 10.1 Å². The normalized spacial score (nSPS) is 24.3. The molecule has 1 aliphatic heterocycles. The molecule has 0 radical (unpaired) electrons. The molecule has 0 aromatic heterocycles. The summed E-state index contributed by atoms with van der Waals surface area (Å²) in [5.41, 5.74) is 0.444. The lowest BCUT2D eigenvalue weighted by atomic mass is 9.78. The Labute approximate surface area is 114 Å². The van der Waals surface area contributed by atoms with E-state index in [2.05, 4.69) is 19.2 Å². The van der Waals surface area contributed by atoms with Crippen molar-refractivity contribution in [3.05, 3.63) is 0 Å². The first kappa shape index (κ1) is 16.0. The van der Waals surface area contributed by atoms with Crippen molar-refractivity contribution in [2.75, 3.05) is 26.3 Å². The molecule has 0 aromatic rings. The lowest BCUT2D eigenvalue weighted by Gasteiger charge is -2.37. The Bertz CT molecular complexity index is 188. The smallest absolute Gasteiger partial charge is 0.0534 e. The second kappa shape index (κ2) is 9.80. The second-order valence-electron chi connectivity index (χ2n) is 6.00. The van der Waals surface area contributed by atoms with E-state index in [1.54, 1.807) is 0 Å². The minimum absolute atomic E-state index is 0.444. The van der Waals surface area contributed by atoms with Gasteiger partial charge in [-0.05, 0) is 32.2 Å². The Hall–Kier alpha value is -0.0800. The first-order chi connectivity index (χ1) is 8.83. The van der Waals surface area contributed by atoms with E-state index in [1.807, 2.05) is 0 Å². The third-order valence-electron chi connectivity index (χ3n) is 4.14. The van der Waals surface area contributed by atoms with Crippen LogP contribution in [0.25, 0.3) is 0 Å². The first-order valence-electron chi connectivity index (χ1n) is 8.11. The Balaban J connectivity index is 2.25. The summed E-state index contributed by atoms with van der Waals surface area (Å²) in [6.45, 7) is 8.79. The summed E-state index contributed by atoms with van der Waals surface area (Å²) >= 11 is 0. The maximum atomic E-state index is 5.75. The maximum Gasteiger partial charge on any atom is 0.0534 e. The Kier molecular flexibility index (Phi) is 8.70. The van der Waals surface area contributed by atoms with Crippen molar-refractivity contribution in [3.8, 4) is 0 Å². The van der Waals surface area contributed by atoms with E-state index in [0.29, 0.717) is 5.41 Å². The predicted octanol–water partition coefficient (Wildman–Crippen LogP) is 4.14. The van der Waals surface area contributed by atoms with Gasteiger partial charge in [0.15, 0.2) is 0 Å². The highest BCUT2D eigenvalue weighted by atomic mass is 16.5. The van der Waals surface area contributed by atoms with Gasteiger partial charge in [-0.1, -0.05) is 46.0 Å². The van der Waals surface area contributed by atoms with Crippen LogP contribution in [0.4, 0.5) is 0 Å². The summed E-state index contributed by atoms with van der Waals surface area (Å²) in [5, 5.41) is 3.62. The average molecular weight is 255 g/mol. The fourth-order valence-electron chi connectivity index (χ4n) is 2.97. The molecule has 0 bridgehead atoms. The average Bonchev–Trinajstić information content (AvgIpc) is 2.40. The maximum absolute atomic E-state index is 5.75. The molecule has 0 saturated carbocycles. The fourth-order valence-corrected chi connectivity index (χ4v) is 2.97. The number of unbranched alkanes of at least 4 members (excludes halogenated alkanes) is 4. The summed E-state index contributed by atoms with van der Waals surface area (Å²) in [6.07, 6.45) is 12.1. The molecular formula is C16H33NO. The molecule has 1 saturated heterocycles.